The van der Waals surface area contributed by atoms with Crippen molar-refractivity contribution in [3.8, 4) is 0 Å². The van der Waals surface area contributed by atoms with Crippen LogP contribution in [0, 0.1) is 0 Å². The van der Waals surface area contributed by atoms with E-state index >= 15 is 0 Å². The van der Waals surface area contributed by atoms with Crippen LogP contribution in [0.5, 0.6) is 0 Å². The molecule has 1 unspecified atom stereocenters. The van der Waals surface area contributed by atoms with Gasteiger partial charge in [0.15, 0.2) is 0 Å². The highest BCUT2D eigenvalue weighted by Gasteiger charge is 2.19. The second kappa shape index (κ2) is 5.33. The monoisotopic (exact) mass is 237 g/mol. The smallest absolute Gasteiger partial charge is 0.204 e. The topological polar surface area (TPSA) is 60.5 Å². The normalized spacial score (nSPS) is 21.6. The zero-order valence-electron chi connectivity index (χ0n) is 10.1. The number of morpholine rings is 1. The van der Waals surface area contributed by atoms with E-state index in [2.05, 4.69) is 11.8 Å². The van der Waals surface area contributed by atoms with Gasteiger partial charge < -0.3 is 15.0 Å². The zero-order chi connectivity index (χ0) is 12.3. The van der Waals surface area contributed by atoms with Crippen LogP contribution in [-0.4, -0.2) is 41.8 Å². The summed E-state index contributed by atoms with van der Waals surface area (Å²) in [5, 5.41) is 0. The lowest BCUT2D eigenvalue weighted by Gasteiger charge is -2.32. The number of ether oxygens (including phenoxy) is 1. The van der Waals surface area contributed by atoms with Crippen molar-refractivity contribution in [1.82, 2.24) is 9.47 Å². The molecule has 1 aromatic rings. The van der Waals surface area contributed by atoms with Crippen LogP contribution in [0.15, 0.2) is 23.3 Å². The minimum atomic E-state index is -0.124. The minimum Gasteiger partial charge on any atom is -0.394 e. The Kier molecular flexibility index (Phi) is 3.81. The lowest BCUT2D eigenvalue weighted by Crippen LogP contribution is -2.44. The predicted molar refractivity (Wildman–Crippen MR) is 67.0 cm³/mol. The molecule has 2 rings (SSSR count). The Morgan fingerprint density at radius 2 is 2.41 bits per heavy atom. The maximum absolute atomic E-state index is 11.2. The third-order valence-corrected chi connectivity index (χ3v) is 3.09. The van der Waals surface area contributed by atoms with E-state index < -0.39 is 0 Å². The van der Waals surface area contributed by atoms with E-state index in [1.165, 1.54) is 6.07 Å². The predicted octanol–water partition coefficient (Wildman–Crippen LogP) is 0.151. The molecule has 1 saturated heterocycles. The van der Waals surface area contributed by atoms with Gasteiger partial charge in [-0.1, -0.05) is 6.92 Å². The van der Waals surface area contributed by atoms with Crippen molar-refractivity contribution in [2.45, 2.75) is 19.6 Å². The molecule has 5 nitrogen and oxygen atoms in total. The van der Waals surface area contributed by atoms with Crippen LogP contribution in [-0.2, 0) is 11.3 Å². The number of pyridine rings is 1. The van der Waals surface area contributed by atoms with Crippen LogP contribution in [0.4, 0.5) is 5.69 Å². The molecule has 94 valence electrons. The number of aromatic nitrogens is 1. The molecule has 0 saturated carbocycles. The number of rotatable bonds is 3. The third-order valence-electron chi connectivity index (χ3n) is 3.09. The second-order valence-corrected chi connectivity index (χ2v) is 4.35. The highest BCUT2D eigenvalue weighted by Crippen LogP contribution is 2.07. The van der Waals surface area contributed by atoms with Crippen molar-refractivity contribution in [1.29, 1.82) is 0 Å². The van der Waals surface area contributed by atoms with E-state index in [9.17, 15) is 4.79 Å². The number of nitrogen functional groups attached to an aromatic ring is 1. The molecule has 1 fully saturated rings. The van der Waals surface area contributed by atoms with Crippen molar-refractivity contribution in [3.63, 3.8) is 0 Å². The maximum atomic E-state index is 11.2. The standard InChI is InChI=1S/C12H19N3O2/c1-2-14-5-6-17-10(7-14)8-15-4-3-12(16)11(13)9-15/h3-4,9-10H,2,5-8,13H2,1H3. The Morgan fingerprint density at radius 3 is 3.12 bits per heavy atom. The van der Waals surface area contributed by atoms with E-state index in [-0.39, 0.29) is 17.2 Å². The summed E-state index contributed by atoms with van der Waals surface area (Å²) >= 11 is 0. The first-order valence-corrected chi connectivity index (χ1v) is 5.98. The zero-order valence-corrected chi connectivity index (χ0v) is 10.1. The van der Waals surface area contributed by atoms with Crippen LogP contribution in [0.25, 0.3) is 0 Å². The van der Waals surface area contributed by atoms with Gasteiger partial charge in [-0.25, -0.2) is 0 Å². The van der Waals surface area contributed by atoms with Crippen LogP contribution in [0.3, 0.4) is 0 Å². The summed E-state index contributed by atoms with van der Waals surface area (Å²) in [7, 11) is 0. The van der Waals surface area contributed by atoms with Crippen molar-refractivity contribution in [2.75, 3.05) is 32.0 Å². The highest BCUT2D eigenvalue weighted by atomic mass is 16.5. The number of hydrogen-bond acceptors (Lipinski definition) is 4. The quantitative estimate of drug-likeness (QED) is 0.813. The summed E-state index contributed by atoms with van der Waals surface area (Å²) < 4.78 is 7.62. The fraction of sp³-hybridized carbons (Fsp3) is 0.583. The molecule has 2 N–H and O–H groups in total. The van der Waals surface area contributed by atoms with Gasteiger partial charge in [-0.3, -0.25) is 9.69 Å². The van der Waals surface area contributed by atoms with Gasteiger partial charge in [-0.2, -0.15) is 0 Å². The van der Waals surface area contributed by atoms with E-state index in [0.717, 1.165) is 32.8 Å². The van der Waals surface area contributed by atoms with Gasteiger partial charge in [-0.15, -0.1) is 0 Å². The molecule has 0 radical (unpaired) electrons. The maximum Gasteiger partial charge on any atom is 0.204 e. The first kappa shape index (κ1) is 12.1. The van der Waals surface area contributed by atoms with Gasteiger partial charge in [0.25, 0.3) is 0 Å². The fourth-order valence-electron chi connectivity index (χ4n) is 2.07. The number of hydrogen-bond donors (Lipinski definition) is 1. The Labute approximate surface area is 101 Å². The van der Waals surface area contributed by atoms with Crippen LogP contribution < -0.4 is 11.2 Å². The number of likely N-dealkylation sites (N-methyl/N-ethyl adjacent to an activating group) is 1. The molecule has 0 aliphatic carbocycles. The molecule has 0 spiro atoms. The van der Waals surface area contributed by atoms with Gasteiger partial charge in [0.05, 0.1) is 18.4 Å². The molecule has 1 aliphatic heterocycles. The van der Waals surface area contributed by atoms with Gasteiger partial charge >= 0.3 is 0 Å². The van der Waals surface area contributed by atoms with Gasteiger partial charge in [0.1, 0.15) is 0 Å². The molecule has 0 aromatic carbocycles. The largest absolute Gasteiger partial charge is 0.394 e. The van der Waals surface area contributed by atoms with Crippen molar-refractivity contribution in [2.24, 2.45) is 0 Å². The Balaban J connectivity index is 2.00. The minimum absolute atomic E-state index is 0.124. The molecular weight excluding hydrogens is 218 g/mol. The summed E-state index contributed by atoms with van der Waals surface area (Å²) in [5.41, 5.74) is 5.76. The van der Waals surface area contributed by atoms with Crippen molar-refractivity contribution < 1.29 is 4.74 Å². The summed E-state index contributed by atoms with van der Waals surface area (Å²) in [6, 6.07) is 1.50. The molecule has 0 bridgehead atoms. The molecule has 1 atom stereocenters. The highest BCUT2D eigenvalue weighted by molar-refractivity contribution is 5.33. The van der Waals surface area contributed by atoms with Crippen LogP contribution in [0.1, 0.15) is 6.92 Å². The first-order chi connectivity index (χ1) is 8.19. The summed E-state index contributed by atoms with van der Waals surface area (Å²) in [6.45, 7) is 6.64. The molecule has 1 aliphatic rings. The lowest BCUT2D eigenvalue weighted by molar-refractivity contribution is -0.0343. The number of anilines is 1. The SMILES string of the molecule is CCN1CCOC(Cn2ccc(=O)c(N)c2)C1. The first-order valence-electron chi connectivity index (χ1n) is 5.98. The second-order valence-electron chi connectivity index (χ2n) is 4.35. The molecule has 17 heavy (non-hydrogen) atoms. The molecular formula is C12H19N3O2. The van der Waals surface area contributed by atoms with Gasteiger partial charge in [-0.05, 0) is 6.54 Å². The van der Waals surface area contributed by atoms with E-state index in [0.29, 0.717) is 0 Å². The Hall–Kier alpha value is -1.33. The van der Waals surface area contributed by atoms with Crippen molar-refractivity contribution in [3.05, 3.63) is 28.7 Å². The van der Waals surface area contributed by atoms with Crippen LogP contribution >= 0.6 is 0 Å². The summed E-state index contributed by atoms with van der Waals surface area (Å²) in [5.74, 6) is 0. The average molecular weight is 237 g/mol. The van der Waals surface area contributed by atoms with Crippen LogP contribution in [0.2, 0.25) is 0 Å². The Bertz CT molecular complexity index is 430. The third kappa shape index (κ3) is 3.08. The van der Waals surface area contributed by atoms with E-state index in [1.807, 2.05) is 4.57 Å². The lowest BCUT2D eigenvalue weighted by atomic mass is 10.2. The Morgan fingerprint density at radius 1 is 1.59 bits per heavy atom. The van der Waals surface area contributed by atoms with Gasteiger partial charge in [0.2, 0.25) is 5.43 Å². The van der Waals surface area contributed by atoms with Crippen molar-refractivity contribution >= 4 is 5.69 Å². The fourth-order valence-corrected chi connectivity index (χ4v) is 2.07. The van der Waals surface area contributed by atoms with Gasteiger partial charge in [0, 0.05) is 38.1 Å². The van der Waals surface area contributed by atoms with E-state index in [1.54, 1.807) is 12.4 Å². The molecule has 0 amide bonds. The molecule has 5 heteroatoms. The average Bonchev–Trinajstić information content (AvgIpc) is 2.34. The summed E-state index contributed by atoms with van der Waals surface area (Å²) in [4.78, 5) is 13.5. The number of nitrogens with zero attached hydrogens (tertiary/aromatic N) is 2. The van der Waals surface area contributed by atoms with E-state index in [4.69, 9.17) is 10.5 Å². The molecule has 2 heterocycles. The summed E-state index contributed by atoms with van der Waals surface area (Å²) in [6.07, 6.45) is 3.61. The molecule has 1 aromatic heterocycles. The number of nitrogens with two attached hydrogens (primary N) is 1.